The van der Waals surface area contributed by atoms with Gasteiger partial charge in [-0.2, -0.15) is 0 Å². The molecule has 0 bridgehead atoms. The number of hydrogen-bond donors (Lipinski definition) is 3. The number of carbonyl (C=O) groups is 1. The van der Waals surface area contributed by atoms with Crippen molar-refractivity contribution >= 4 is 21.4 Å². The summed E-state index contributed by atoms with van der Waals surface area (Å²) in [6.07, 6.45) is 11.5. The van der Waals surface area contributed by atoms with Crippen molar-refractivity contribution in [1.29, 1.82) is 0 Å². The molecule has 9 heteroatoms. The fourth-order valence-corrected chi connectivity index (χ4v) is 14.9. The maximum absolute atomic E-state index is 12.1. The summed E-state index contributed by atoms with van der Waals surface area (Å²) < 4.78 is 24.2. The number of benzene rings is 1. The van der Waals surface area contributed by atoms with Gasteiger partial charge in [0.15, 0.2) is 9.84 Å². The highest BCUT2D eigenvalue weighted by atomic mass is 32.2. The standard InChI is InChI=1S/C43H63N3O5S/c1-8-42(44-21-22-46-23-25-52(50,51)26-24-46)20-19-40(6)33(36(42)43(28-45-43)29(2)27-47)13-14-35-39(5)17-15-32(30-9-11-31(12-10-30)37(48)49)38(3,4)34(39)16-18-41(35,40)7/h9-12,15,29,33-36,44,47H,8,13-14,16-27H2,1-7H3/p+1. The van der Waals surface area contributed by atoms with Crippen LogP contribution in [-0.4, -0.2) is 84.9 Å². The van der Waals surface area contributed by atoms with Crippen molar-refractivity contribution in [3.63, 3.8) is 0 Å². The Morgan fingerprint density at radius 1 is 1.00 bits per heavy atom. The molecule has 0 radical (unpaired) electrons. The van der Waals surface area contributed by atoms with Crippen molar-refractivity contribution in [2.75, 3.05) is 44.3 Å². The van der Waals surface area contributed by atoms with Crippen LogP contribution in [0, 0.1) is 57.3 Å². The van der Waals surface area contributed by atoms with Crippen LogP contribution in [0.4, 0.5) is 0 Å². The van der Waals surface area contributed by atoms with E-state index < -0.39 is 21.3 Å². The van der Waals surface area contributed by atoms with Crippen LogP contribution >= 0.6 is 0 Å². The molecule has 4 fully saturated rings. The molecule has 1 saturated heterocycles. The second-order valence-corrected chi connectivity index (χ2v) is 21.4. The number of sulfone groups is 1. The van der Waals surface area contributed by atoms with E-state index in [1.807, 2.05) is 12.1 Å². The van der Waals surface area contributed by atoms with E-state index in [9.17, 15) is 23.4 Å². The van der Waals surface area contributed by atoms with Crippen LogP contribution in [0.2, 0.25) is 0 Å². The minimum absolute atomic E-state index is 0.00549. The van der Waals surface area contributed by atoms with Crippen LogP contribution in [0.5, 0.6) is 0 Å². The van der Waals surface area contributed by atoms with Gasteiger partial charge in [-0.25, -0.2) is 13.2 Å². The smallest absolute Gasteiger partial charge is 0.416 e. The lowest BCUT2D eigenvalue weighted by Gasteiger charge is -2.72. The second-order valence-electron chi connectivity index (χ2n) is 19.1. The minimum atomic E-state index is -2.91. The Morgan fingerprint density at radius 2 is 1.67 bits per heavy atom. The van der Waals surface area contributed by atoms with E-state index in [1.165, 1.54) is 24.8 Å². The van der Waals surface area contributed by atoms with Gasteiger partial charge in [0.05, 0.1) is 35.5 Å². The van der Waals surface area contributed by atoms with Crippen LogP contribution in [0.15, 0.2) is 30.3 Å². The summed E-state index contributed by atoms with van der Waals surface area (Å²) >= 11 is 0. The zero-order valence-electron chi connectivity index (χ0n) is 32.8. The number of aromatic carboxylic acids is 1. The van der Waals surface area contributed by atoms with Gasteiger partial charge in [-0.15, -0.1) is 0 Å². The molecule has 0 aromatic heterocycles. The Balaban J connectivity index is 1.19. The molecule has 2 heterocycles. The fraction of sp³-hybridized carbons (Fsp3) is 0.767. The van der Waals surface area contributed by atoms with E-state index in [4.69, 9.17) is 4.85 Å². The number of hydrogen-bond acceptors (Lipinski definition) is 6. The van der Waals surface area contributed by atoms with E-state index in [-0.39, 0.29) is 57.1 Å². The van der Waals surface area contributed by atoms with Gasteiger partial charge in [-0.1, -0.05) is 66.7 Å². The van der Waals surface area contributed by atoms with E-state index >= 15 is 0 Å². The predicted octanol–water partition coefficient (Wildman–Crippen LogP) is 7.25. The summed E-state index contributed by atoms with van der Waals surface area (Å²) in [5, 5.41) is 24.3. The summed E-state index contributed by atoms with van der Waals surface area (Å²) in [6, 6.07) is 11.1. The molecule has 3 saturated carbocycles. The Kier molecular flexibility index (Phi) is 9.45. The van der Waals surface area contributed by atoms with Gasteiger partial charge >= 0.3 is 17.6 Å². The molecule has 6 aliphatic rings. The van der Waals surface area contributed by atoms with Gasteiger partial charge in [0.1, 0.15) is 0 Å². The second kappa shape index (κ2) is 12.9. The van der Waals surface area contributed by atoms with Gasteiger partial charge in [-0.3, -0.25) is 0 Å². The monoisotopic (exact) mass is 734 g/mol. The normalized spacial score (nSPS) is 42.3. The highest BCUT2D eigenvalue weighted by Crippen LogP contribution is 2.76. The summed E-state index contributed by atoms with van der Waals surface area (Å²) in [7, 11) is -2.91. The van der Waals surface area contributed by atoms with Crippen molar-refractivity contribution in [2.24, 2.45) is 51.2 Å². The summed E-state index contributed by atoms with van der Waals surface area (Å²) in [5.41, 5.74) is 2.64. The van der Waals surface area contributed by atoms with Crippen molar-refractivity contribution in [2.45, 2.75) is 111 Å². The Hall–Kier alpha value is -2.25. The summed E-state index contributed by atoms with van der Waals surface area (Å²) in [6.45, 7) is 20.2. The molecule has 52 heavy (non-hydrogen) atoms. The maximum Gasteiger partial charge on any atom is 0.416 e. The third-order valence-corrected chi connectivity index (χ3v) is 18.5. The van der Waals surface area contributed by atoms with Crippen molar-refractivity contribution in [3.05, 3.63) is 46.3 Å². The van der Waals surface area contributed by atoms with E-state index in [0.717, 1.165) is 50.8 Å². The van der Waals surface area contributed by atoms with Crippen LogP contribution in [0.1, 0.15) is 116 Å². The van der Waals surface area contributed by atoms with Crippen LogP contribution in [0.3, 0.4) is 0 Å². The number of aliphatic hydroxyl groups is 1. The van der Waals surface area contributed by atoms with E-state index in [0.29, 0.717) is 36.4 Å². The molecule has 0 amide bonds. The topological polar surface area (TPSA) is 111 Å². The number of nitrogens with one attached hydrogen (secondary N) is 1. The molecular formula is C43H64N3O5S+. The van der Waals surface area contributed by atoms with Crippen LogP contribution < -0.4 is 5.32 Å². The third-order valence-electron chi connectivity index (χ3n) is 16.9. The SMILES string of the molecule is CCC1(NCCN2CCS(=O)(=O)CC2)CCC2(C)C(CCC3C4(C)CC=C(c5ccc(C(=O)O)cc5)C(C)(C)C4CCC32C)C1C1(C(C)CO)C#[N+]1. The molecule has 4 aliphatic carbocycles. The van der Waals surface area contributed by atoms with Gasteiger partial charge in [-0.05, 0) is 119 Å². The lowest BCUT2D eigenvalue weighted by atomic mass is 9.32. The quantitative estimate of drug-likeness (QED) is 0.232. The molecule has 3 N–H and O–H groups in total. The van der Waals surface area contributed by atoms with Gasteiger partial charge in [0, 0.05) is 31.7 Å². The number of nitrogens with zero attached hydrogens (tertiary/aromatic N) is 2. The van der Waals surface area contributed by atoms with Gasteiger partial charge in [0.25, 0.3) is 0 Å². The van der Waals surface area contributed by atoms with Crippen molar-refractivity contribution < 1.29 is 23.4 Å². The molecule has 0 spiro atoms. The number of fused-ring (bicyclic) bond motifs is 5. The van der Waals surface area contributed by atoms with Crippen molar-refractivity contribution in [3.8, 4) is 6.07 Å². The van der Waals surface area contributed by atoms with Gasteiger partial charge < -0.3 is 20.4 Å². The number of rotatable bonds is 10. The van der Waals surface area contributed by atoms with Gasteiger partial charge in [0.2, 0.25) is 0 Å². The number of carboxylic acid groups (broad SMARTS) is 1. The maximum atomic E-state index is 12.1. The fourth-order valence-electron chi connectivity index (χ4n) is 13.6. The Morgan fingerprint density at radius 3 is 2.27 bits per heavy atom. The third kappa shape index (κ3) is 5.66. The minimum Gasteiger partial charge on any atom is -0.478 e. The van der Waals surface area contributed by atoms with E-state index in [2.05, 4.69) is 70.8 Å². The van der Waals surface area contributed by atoms with Crippen LogP contribution in [-0.2, 0) is 9.84 Å². The first-order chi connectivity index (χ1) is 24.4. The number of carboxylic acids is 1. The predicted molar refractivity (Wildman–Crippen MR) is 208 cm³/mol. The molecule has 7 rings (SSSR count). The average molecular weight is 735 g/mol. The number of aliphatic hydroxyl groups excluding tert-OH is 1. The largest absolute Gasteiger partial charge is 0.478 e. The lowest BCUT2D eigenvalue weighted by molar-refractivity contribution is -0.224. The average Bonchev–Trinajstić information content (AvgIpc) is 3.90. The highest BCUT2D eigenvalue weighted by molar-refractivity contribution is 7.91. The lowest BCUT2D eigenvalue weighted by Crippen LogP contribution is -2.71. The first kappa shape index (κ1) is 38.0. The van der Waals surface area contributed by atoms with E-state index in [1.54, 1.807) is 12.1 Å². The first-order valence-corrected chi connectivity index (χ1v) is 22.1. The highest BCUT2D eigenvalue weighted by Gasteiger charge is 2.78. The Labute approximate surface area is 312 Å². The molecule has 8 nitrogen and oxygen atoms in total. The van der Waals surface area contributed by atoms with Crippen molar-refractivity contribution in [1.82, 2.24) is 10.2 Å². The molecule has 10 unspecified atom stereocenters. The molecule has 1 aromatic carbocycles. The Bertz CT molecular complexity index is 1760. The number of allylic oxidation sites excluding steroid dienone is 2. The zero-order chi connectivity index (χ0) is 37.5. The van der Waals surface area contributed by atoms with Crippen LogP contribution in [0.25, 0.3) is 10.4 Å². The first-order valence-electron chi connectivity index (χ1n) is 20.3. The summed E-state index contributed by atoms with van der Waals surface area (Å²) in [5.74, 6) is 1.41. The molecule has 286 valence electrons. The zero-order valence-corrected chi connectivity index (χ0v) is 33.6. The molecule has 10 atom stereocenters. The molecule has 2 aliphatic heterocycles. The summed E-state index contributed by atoms with van der Waals surface area (Å²) in [4.78, 5) is 18.9. The molecular weight excluding hydrogens is 671 g/mol. The molecule has 1 aromatic rings.